The van der Waals surface area contributed by atoms with E-state index in [0.717, 1.165) is 5.56 Å². The van der Waals surface area contributed by atoms with Crippen molar-refractivity contribution < 1.29 is 29.3 Å². The average Bonchev–Trinajstić information content (AvgIpc) is 2.82. The first-order chi connectivity index (χ1) is 17.5. The summed E-state index contributed by atoms with van der Waals surface area (Å²) < 4.78 is 11.2. The number of phenols is 1. The zero-order valence-electron chi connectivity index (χ0n) is 20.8. The SMILES string of the molecule is Cc1ccc(NCc2cc(O)cc(OC(C)C)c2OCC(=O)O)c(C(=O)Nc2ccc(C(=N)N)cc2)c1. The van der Waals surface area contributed by atoms with Crippen LogP contribution in [0.4, 0.5) is 11.4 Å². The second kappa shape index (κ2) is 11.8. The van der Waals surface area contributed by atoms with E-state index in [9.17, 15) is 14.7 Å². The molecule has 0 fully saturated rings. The van der Waals surface area contributed by atoms with E-state index in [0.29, 0.717) is 28.1 Å². The second-order valence-electron chi connectivity index (χ2n) is 8.63. The van der Waals surface area contributed by atoms with E-state index in [1.54, 1.807) is 50.2 Å². The van der Waals surface area contributed by atoms with Crippen LogP contribution in [-0.4, -0.2) is 40.6 Å². The molecule has 0 aliphatic rings. The minimum Gasteiger partial charge on any atom is -0.508 e. The maximum Gasteiger partial charge on any atom is 0.341 e. The molecule has 0 spiro atoms. The van der Waals surface area contributed by atoms with Gasteiger partial charge in [-0.1, -0.05) is 11.6 Å². The minimum absolute atomic E-state index is 0.0661. The second-order valence-corrected chi connectivity index (χ2v) is 8.63. The number of amidine groups is 1. The average molecular weight is 507 g/mol. The Morgan fingerprint density at radius 2 is 1.78 bits per heavy atom. The summed E-state index contributed by atoms with van der Waals surface area (Å²) in [5.74, 6) is -1.26. The molecule has 0 aromatic heterocycles. The lowest BCUT2D eigenvalue weighted by Gasteiger charge is -2.19. The van der Waals surface area contributed by atoms with Crippen LogP contribution < -0.4 is 25.8 Å². The van der Waals surface area contributed by atoms with Crippen LogP contribution in [0.1, 0.15) is 40.9 Å². The first-order valence-corrected chi connectivity index (χ1v) is 11.5. The molecular weight excluding hydrogens is 476 g/mol. The van der Waals surface area contributed by atoms with Gasteiger partial charge in [0.05, 0.1) is 11.7 Å². The zero-order valence-corrected chi connectivity index (χ0v) is 20.8. The third-order valence-corrected chi connectivity index (χ3v) is 5.16. The number of hydrogen-bond acceptors (Lipinski definition) is 7. The number of aromatic hydroxyl groups is 1. The van der Waals surface area contributed by atoms with Gasteiger partial charge in [0, 0.05) is 35.1 Å². The van der Waals surface area contributed by atoms with Crippen LogP contribution in [0.15, 0.2) is 54.6 Å². The standard InChI is InChI=1S/C27H30N4O6/c1-15(2)37-23-12-20(32)11-18(25(23)36-14-24(33)34)13-30-22-9-4-16(3)10-21(22)27(35)31-19-7-5-17(6-8-19)26(28)29/h4-12,15,30,32H,13-14H2,1-3H3,(H3,28,29)(H,31,35)(H,33,34). The van der Waals surface area contributed by atoms with E-state index in [2.05, 4.69) is 10.6 Å². The Morgan fingerprint density at radius 1 is 1.08 bits per heavy atom. The number of nitrogen functional groups attached to an aromatic ring is 1. The van der Waals surface area contributed by atoms with Gasteiger partial charge >= 0.3 is 5.97 Å². The maximum absolute atomic E-state index is 13.1. The number of hydrogen-bond donors (Lipinski definition) is 6. The number of carboxylic acids is 1. The van der Waals surface area contributed by atoms with E-state index in [1.807, 2.05) is 13.0 Å². The Kier molecular flexibility index (Phi) is 8.57. The molecule has 0 aliphatic heterocycles. The first-order valence-electron chi connectivity index (χ1n) is 11.5. The number of benzene rings is 3. The number of carbonyl (C=O) groups is 2. The Morgan fingerprint density at radius 3 is 2.41 bits per heavy atom. The van der Waals surface area contributed by atoms with Crippen molar-refractivity contribution >= 4 is 29.1 Å². The Bertz CT molecular complexity index is 1300. The number of nitrogens with one attached hydrogen (secondary N) is 3. The number of anilines is 2. The van der Waals surface area contributed by atoms with Gasteiger partial charge in [-0.25, -0.2) is 4.79 Å². The van der Waals surface area contributed by atoms with E-state index in [1.165, 1.54) is 12.1 Å². The molecule has 3 aromatic carbocycles. The smallest absolute Gasteiger partial charge is 0.341 e. The number of aliphatic carboxylic acids is 1. The van der Waals surface area contributed by atoms with Crippen molar-refractivity contribution in [3.05, 3.63) is 76.9 Å². The lowest BCUT2D eigenvalue weighted by molar-refractivity contribution is -0.139. The lowest BCUT2D eigenvalue weighted by atomic mass is 10.1. The molecule has 0 saturated carbocycles. The maximum atomic E-state index is 13.1. The summed E-state index contributed by atoms with van der Waals surface area (Å²) in [5, 5.41) is 32.8. The fraction of sp³-hybridized carbons (Fsp3) is 0.222. The van der Waals surface area contributed by atoms with Gasteiger partial charge < -0.3 is 36.1 Å². The van der Waals surface area contributed by atoms with E-state index in [-0.39, 0.29) is 41.6 Å². The van der Waals surface area contributed by atoms with Crippen LogP contribution in [0.25, 0.3) is 0 Å². The van der Waals surface area contributed by atoms with Crippen LogP contribution in [0.5, 0.6) is 17.2 Å². The summed E-state index contributed by atoms with van der Waals surface area (Å²) in [7, 11) is 0. The van der Waals surface area contributed by atoms with Crippen molar-refractivity contribution in [1.29, 1.82) is 5.41 Å². The molecule has 1 amide bonds. The van der Waals surface area contributed by atoms with Crippen molar-refractivity contribution in [2.45, 2.75) is 33.4 Å². The number of rotatable bonds is 11. The summed E-state index contributed by atoms with van der Waals surface area (Å²) in [5.41, 5.74) is 8.78. The van der Waals surface area contributed by atoms with Crippen LogP contribution in [-0.2, 0) is 11.3 Å². The number of carboxylic acid groups (broad SMARTS) is 1. The van der Waals surface area contributed by atoms with Crippen molar-refractivity contribution in [3.8, 4) is 17.2 Å². The molecular formula is C27H30N4O6. The number of ether oxygens (including phenoxy) is 2. The number of aryl methyl sites for hydroxylation is 1. The molecule has 194 valence electrons. The van der Waals surface area contributed by atoms with Gasteiger partial charge in [0.25, 0.3) is 5.91 Å². The molecule has 10 nitrogen and oxygen atoms in total. The summed E-state index contributed by atoms with van der Waals surface area (Å²) in [6.07, 6.45) is -0.244. The highest BCUT2D eigenvalue weighted by Gasteiger charge is 2.18. The molecule has 3 aromatic rings. The number of amides is 1. The molecule has 0 radical (unpaired) electrons. The number of phenolic OH excluding ortho intramolecular Hbond substituents is 1. The molecule has 0 unspecified atom stereocenters. The van der Waals surface area contributed by atoms with Crippen LogP contribution in [0, 0.1) is 12.3 Å². The third kappa shape index (κ3) is 7.38. The highest BCUT2D eigenvalue weighted by molar-refractivity contribution is 6.08. The van der Waals surface area contributed by atoms with Crippen molar-refractivity contribution in [2.75, 3.05) is 17.2 Å². The van der Waals surface area contributed by atoms with Crippen LogP contribution in [0.2, 0.25) is 0 Å². The predicted molar refractivity (Wildman–Crippen MR) is 141 cm³/mol. The van der Waals surface area contributed by atoms with E-state index < -0.39 is 12.6 Å². The molecule has 3 rings (SSSR count). The molecule has 37 heavy (non-hydrogen) atoms. The monoisotopic (exact) mass is 506 g/mol. The molecule has 0 bridgehead atoms. The molecule has 0 aliphatic carbocycles. The lowest BCUT2D eigenvalue weighted by Crippen LogP contribution is -2.17. The molecule has 10 heteroatoms. The number of nitrogens with two attached hydrogens (primary N) is 1. The zero-order chi connectivity index (χ0) is 27.1. The van der Waals surface area contributed by atoms with Gasteiger partial charge in [0.1, 0.15) is 11.6 Å². The molecule has 7 N–H and O–H groups in total. The van der Waals surface area contributed by atoms with Gasteiger partial charge in [-0.2, -0.15) is 0 Å². The van der Waals surface area contributed by atoms with Crippen molar-refractivity contribution in [1.82, 2.24) is 0 Å². The fourth-order valence-electron chi connectivity index (χ4n) is 3.54. The van der Waals surface area contributed by atoms with Crippen LogP contribution >= 0.6 is 0 Å². The Balaban J connectivity index is 1.87. The summed E-state index contributed by atoms with van der Waals surface area (Å²) >= 11 is 0. The van der Waals surface area contributed by atoms with Crippen molar-refractivity contribution in [2.24, 2.45) is 5.73 Å². The fourth-order valence-corrected chi connectivity index (χ4v) is 3.54. The van der Waals surface area contributed by atoms with E-state index in [4.69, 9.17) is 25.7 Å². The normalized spacial score (nSPS) is 10.6. The molecule has 0 heterocycles. The summed E-state index contributed by atoms with van der Waals surface area (Å²) in [6, 6.07) is 14.8. The predicted octanol–water partition coefficient (Wildman–Crippen LogP) is 4.10. The third-order valence-electron chi connectivity index (χ3n) is 5.16. The van der Waals surface area contributed by atoms with E-state index >= 15 is 0 Å². The van der Waals surface area contributed by atoms with Gasteiger partial charge in [-0.15, -0.1) is 0 Å². The Labute approximate surface area is 214 Å². The summed E-state index contributed by atoms with van der Waals surface area (Å²) in [6.45, 7) is 4.98. The van der Waals surface area contributed by atoms with Gasteiger partial charge in [-0.3, -0.25) is 10.2 Å². The van der Waals surface area contributed by atoms with Crippen molar-refractivity contribution in [3.63, 3.8) is 0 Å². The van der Waals surface area contributed by atoms with Crippen LogP contribution in [0.3, 0.4) is 0 Å². The molecule has 0 saturated heterocycles. The summed E-state index contributed by atoms with van der Waals surface area (Å²) in [4.78, 5) is 24.2. The quantitative estimate of drug-likeness (QED) is 0.167. The highest BCUT2D eigenvalue weighted by Crippen LogP contribution is 2.37. The minimum atomic E-state index is -1.16. The highest BCUT2D eigenvalue weighted by atomic mass is 16.5. The largest absolute Gasteiger partial charge is 0.508 e. The van der Waals surface area contributed by atoms with Gasteiger partial charge in [-0.05, 0) is 63.2 Å². The van der Waals surface area contributed by atoms with Gasteiger partial charge in [0.2, 0.25) is 0 Å². The Hall–Kier alpha value is -4.73. The molecule has 0 atom stereocenters. The van der Waals surface area contributed by atoms with Gasteiger partial charge in [0.15, 0.2) is 18.1 Å². The number of carbonyl (C=O) groups excluding carboxylic acids is 1. The topological polar surface area (TPSA) is 167 Å². The first kappa shape index (κ1) is 26.9.